The molecule has 8 N–H and O–H groups in total. The molecule has 0 aromatic heterocycles. The van der Waals surface area contributed by atoms with Gasteiger partial charge in [0.05, 0.1) is 28.6 Å². The van der Waals surface area contributed by atoms with Gasteiger partial charge in [-0.3, -0.25) is 19.2 Å². The van der Waals surface area contributed by atoms with Crippen LogP contribution in [0.15, 0.2) is 58.5 Å². The molecule has 0 aromatic rings. The van der Waals surface area contributed by atoms with Crippen LogP contribution in [0.2, 0.25) is 0 Å². The van der Waals surface area contributed by atoms with Crippen molar-refractivity contribution in [3.8, 4) is 0 Å². The van der Waals surface area contributed by atoms with Gasteiger partial charge in [0, 0.05) is 56.4 Å². The molecule has 0 aromatic carbocycles. The maximum Gasteiger partial charge on any atom is 0.405 e. The first-order valence-corrected chi connectivity index (χ1v) is 22.4. The minimum Gasteiger partial charge on any atom is -0.439 e. The van der Waals surface area contributed by atoms with Gasteiger partial charge in [-0.2, -0.15) is 11.8 Å². The third-order valence-electron chi connectivity index (χ3n) is 11.9. The molecule has 1 aliphatic carbocycles. The van der Waals surface area contributed by atoms with Crippen LogP contribution in [-0.2, 0) is 33.4 Å². The van der Waals surface area contributed by atoms with Crippen molar-refractivity contribution in [3.63, 3.8) is 0 Å². The molecule has 8 atom stereocenters. The van der Waals surface area contributed by atoms with Crippen molar-refractivity contribution >= 4 is 47.6 Å². The van der Waals surface area contributed by atoms with E-state index in [1.54, 1.807) is 32.3 Å². The summed E-state index contributed by atoms with van der Waals surface area (Å²) in [4.78, 5) is 73.6. The zero-order valence-corrected chi connectivity index (χ0v) is 38.2. The van der Waals surface area contributed by atoms with Crippen LogP contribution in [0.5, 0.6) is 0 Å². The lowest BCUT2D eigenvalue weighted by atomic mass is 9.79. The Labute approximate surface area is 366 Å². The Balaban J connectivity index is 1.46. The summed E-state index contributed by atoms with van der Waals surface area (Å²) in [5, 5.41) is 12.7. The van der Waals surface area contributed by atoms with Crippen LogP contribution >= 0.6 is 11.8 Å². The van der Waals surface area contributed by atoms with E-state index >= 15 is 0 Å². The largest absolute Gasteiger partial charge is 0.439 e. The third-order valence-corrected chi connectivity index (χ3v) is 13.8. The van der Waals surface area contributed by atoms with Gasteiger partial charge in [-0.15, -0.1) is 0 Å². The number of thioether (sulfide) groups is 1. The molecule has 0 saturated carbocycles. The molecule has 2 heterocycles. The Morgan fingerprint density at radius 3 is 2.41 bits per heavy atom. The fourth-order valence-electron chi connectivity index (χ4n) is 8.29. The highest BCUT2D eigenvalue weighted by atomic mass is 32.2. The number of fused-ring (bicyclic) bond motifs is 1. The third kappa shape index (κ3) is 14.9. The molecule has 15 nitrogen and oxygen atoms in total. The van der Waals surface area contributed by atoms with E-state index in [9.17, 15) is 28.8 Å². The first-order chi connectivity index (χ1) is 28.9. The second-order valence-electron chi connectivity index (χ2n) is 17.1. The van der Waals surface area contributed by atoms with Crippen molar-refractivity contribution in [2.75, 3.05) is 33.1 Å². The van der Waals surface area contributed by atoms with Crippen LogP contribution in [0.25, 0.3) is 0 Å². The summed E-state index contributed by atoms with van der Waals surface area (Å²) in [7, 11) is 3.13. The topological polar surface area (TPSA) is 230 Å². The maximum absolute atomic E-state index is 13.3. The van der Waals surface area contributed by atoms with Crippen molar-refractivity contribution < 1.29 is 43.0 Å². The van der Waals surface area contributed by atoms with Crippen LogP contribution in [0.1, 0.15) is 106 Å². The molecule has 2 aliphatic heterocycles. The molecular weight excluding hydrogens is 801 g/mol. The molecule has 340 valence electrons. The SMILES string of the molecule is CO[C@@H](C[C@H](C)CC1=C(NCCCCCNC(=O)CCCCC2SCC3(C)NC(=O)NC23C)C(=O)C=C(N)C1=O)C[C@@H](C)/C=C(\C)[C@H](OC(N)=O)[C@H](/C=C\C=C(/C)C=O)OC. The lowest BCUT2D eigenvalue weighted by Gasteiger charge is -2.35. The first kappa shape index (κ1) is 50.9. The minimum absolute atomic E-state index is 0.0139. The summed E-state index contributed by atoms with van der Waals surface area (Å²) in [6.07, 6.45) is 13.3. The number of methoxy groups -OCH3 is 2. The molecule has 2 saturated heterocycles. The molecule has 4 amide bonds. The number of carbonyl (C=O) groups excluding carboxylic acids is 6. The van der Waals surface area contributed by atoms with Crippen molar-refractivity contribution in [2.24, 2.45) is 23.3 Å². The number of carbonyl (C=O) groups is 6. The normalized spacial score (nSPS) is 24.4. The molecule has 0 radical (unpaired) electrons. The Hall–Kier alpha value is -4.41. The number of allylic oxidation sites excluding steroid dienone is 6. The van der Waals surface area contributed by atoms with Crippen LogP contribution in [0.3, 0.4) is 0 Å². The highest BCUT2D eigenvalue weighted by molar-refractivity contribution is 8.00. The van der Waals surface area contributed by atoms with Crippen LogP contribution in [0.4, 0.5) is 9.59 Å². The van der Waals surface area contributed by atoms with Crippen LogP contribution in [0, 0.1) is 11.8 Å². The second kappa shape index (κ2) is 24.3. The Morgan fingerprint density at radius 2 is 1.74 bits per heavy atom. The van der Waals surface area contributed by atoms with Gasteiger partial charge in [0.25, 0.3) is 0 Å². The van der Waals surface area contributed by atoms with Gasteiger partial charge >= 0.3 is 12.1 Å². The summed E-state index contributed by atoms with van der Waals surface area (Å²) in [5.74, 6) is 0.178. The number of ketones is 2. The molecule has 3 rings (SSSR count). The minimum atomic E-state index is -0.945. The Morgan fingerprint density at radius 1 is 1.02 bits per heavy atom. The zero-order valence-electron chi connectivity index (χ0n) is 37.4. The monoisotopic (exact) mass is 870 g/mol. The van der Waals surface area contributed by atoms with E-state index in [-0.39, 0.29) is 63.9 Å². The Bertz CT molecular complexity index is 1740. The molecule has 16 heteroatoms. The molecular formula is C45H70N6O9S. The number of ether oxygens (including phenoxy) is 3. The Kier molecular flexibility index (Phi) is 20.3. The lowest BCUT2D eigenvalue weighted by Crippen LogP contribution is -2.58. The smallest absolute Gasteiger partial charge is 0.405 e. The summed E-state index contributed by atoms with van der Waals surface area (Å²) in [5.41, 5.74) is 12.7. The van der Waals surface area contributed by atoms with E-state index in [4.69, 9.17) is 25.7 Å². The molecule has 2 fully saturated rings. The van der Waals surface area contributed by atoms with Crippen molar-refractivity contribution in [3.05, 3.63) is 58.5 Å². The number of Topliss-reactive ketones (excluding diaryl/α,β-unsaturated/α-hetero) is 1. The van der Waals surface area contributed by atoms with Gasteiger partial charge in [0.1, 0.15) is 12.4 Å². The number of nitrogens with one attached hydrogen (secondary N) is 4. The van der Waals surface area contributed by atoms with Crippen LogP contribution < -0.4 is 32.7 Å². The van der Waals surface area contributed by atoms with E-state index in [1.807, 2.05) is 38.6 Å². The van der Waals surface area contributed by atoms with Gasteiger partial charge in [0.15, 0.2) is 6.10 Å². The fourth-order valence-corrected chi connectivity index (χ4v) is 10.2. The standard InChI is InChI=1S/C45H70N6O9S/c1-28(26-52)15-14-16-36(59-8)41(60-42(47)56)31(4)21-29(2)22-32(58-7)23-30(3)24-33-39(35(53)25-34(46)40(33)55)49-20-13-9-12-19-48-38(54)18-11-10-17-37-45(6)44(5,27-61-37)50-43(57)51-45/h14-16,21,25-26,29-30,32,36-37,41,49H,9-13,17-20,22-24,27,46H2,1-8H3,(H2,47,56)(H,48,54)(H2,50,51,57)/b16-14-,28-15+,31-21+/t29-,30-,32+,36-,37?,41-,44?,45?/m0/s1. The molecule has 3 unspecified atom stereocenters. The average molecular weight is 871 g/mol. The molecule has 0 spiro atoms. The van der Waals surface area contributed by atoms with E-state index in [0.717, 1.165) is 56.1 Å². The number of urea groups is 1. The predicted molar refractivity (Wildman–Crippen MR) is 238 cm³/mol. The van der Waals surface area contributed by atoms with Gasteiger partial charge in [0.2, 0.25) is 17.5 Å². The van der Waals surface area contributed by atoms with Gasteiger partial charge in [-0.25, -0.2) is 9.59 Å². The lowest BCUT2D eigenvalue weighted by molar-refractivity contribution is -0.121. The number of rotatable bonds is 27. The van der Waals surface area contributed by atoms with E-state index in [0.29, 0.717) is 55.2 Å². The highest BCUT2D eigenvalue weighted by Crippen LogP contribution is 2.47. The van der Waals surface area contributed by atoms with Crippen molar-refractivity contribution in [1.29, 1.82) is 0 Å². The van der Waals surface area contributed by atoms with Crippen molar-refractivity contribution in [2.45, 2.75) is 140 Å². The molecule has 61 heavy (non-hydrogen) atoms. The summed E-state index contributed by atoms with van der Waals surface area (Å²) >= 11 is 1.88. The molecule has 0 bridgehead atoms. The number of hydrogen-bond donors (Lipinski definition) is 6. The fraction of sp³-hybridized carbons (Fsp3) is 0.644. The number of unbranched alkanes of at least 4 members (excludes halogenated alkanes) is 3. The number of nitrogens with two attached hydrogens (primary N) is 2. The second-order valence-corrected chi connectivity index (χ2v) is 18.3. The summed E-state index contributed by atoms with van der Waals surface area (Å²) < 4.78 is 16.9. The number of hydrogen-bond acceptors (Lipinski definition) is 12. The quantitative estimate of drug-likeness (QED) is 0.0119. The molecule has 3 aliphatic rings. The maximum atomic E-state index is 13.3. The van der Waals surface area contributed by atoms with E-state index in [1.165, 1.54) is 13.2 Å². The van der Waals surface area contributed by atoms with Crippen molar-refractivity contribution in [1.82, 2.24) is 21.3 Å². The first-order valence-electron chi connectivity index (χ1n) is 21.4. The van der Waals surface area contributed by atoms with E-state index in [2.05, 4.69) is 35.1 Å². The summed E-state index contributed by atoms with van der Waals surface area (Å²) in [6, 6.07) is -0.107. The van der Waals surface area contributed by atoms with Gasteiger partial charge in [-0.1, -0.05) is 44.6 Å². The average Bonchev–Trinajstić information content (AvgIpc) is 3.57. The summed E-state index contributed by atoms with van der Waals surface area (Å²) in [6.45, 7) is 12.8. The predicted octanol–water partition coefficient (Wildman–Crippen LogP) is 5.20. The zero-order chi connectivity index (χ0) is 45.3. The van der Waals surface area contributed by atoms with Crippen LogP contribution in [-0.4, -0.2) is 104 Å². The van der Waals surface area contributed by atoms with E-state index < -0.39 is 18.3 Å². The highest BCUT2D eigenvalue weighted by Gasteiger charge is 2.60. The van der Waals surface area contributed by atoms with Gasteiger partial charge in [-0.05, 0) is 102 Å². The number of aldehydes is 1. The number of amides is 4. The van der Waals surface area contributed by atoms with Gasteiger partial charge < -0.3 is 46.9 Å². The number of primary amides is 1.